The Labute approximate surface area is 156 Å². The summed E-state index contributed by atoms with van der Waals surface area (Å²) < 4.78 is 5.82. The molecular formula is C21H16ClN3O. The minimum Gasteiger partial charge on any atom is -0.457 e. The smallest absolute Gasteiger partial charge is 0.223 e. The van der Waals surface area contributed by atoms with Crippen molar-refractivity contribution in [3.63, 3.8) is 0 Å². The van der Waals surface area contributed by atoms with E-state index < -0.39 is 6.04 Å². The van der Waals surface area contributed by atoms with Crippen LogP contribution in [0.1, 0.15) is 17.3 Å². The normalized spacial score (nSPS) is 12.1. The topological polar surface area (TPSA) is 61.0 Å². The van der Waals surface area contributed by atoms with Crippen molar-refractivity contribution in [1.82, 2.24) is 9.97 Å². The van der Waals surface area contributed by atoms with Gasteiger partial charge in [-0.25, -0.2) is 9.97 Å². The monoisotopic (exact) mass is 361 g/mol. The molecule has 0 bridgehead atoms. The van der Waals surface area contributed by atoms with Gasteiger partial charge in [-0.3, -0.25) is 0 Å². The van der Waals surface area contributed by atoms with E-state index in [1.165, 1.54) is 0 Å². The van der Waals surface area contributed by atoms with Crippen molar-refractivity contribution in [2.75, 3.05) is 0 Å². The third-order valence-corrected chi connectivity index (χ3v) is 4.29. The molecule has 3 aromatic carbocycles. The number of aromatic nitrogens is 2. The van der Waals surface area contributed by atoms with Crippen molar-refractivity contribution in [1.29, 1.82) is 0 Å². The number of hydrogen-bond donors (Lipinski definition) is 1. The first-order chi connectivity index (χ1) is 12.7. The van der Waals surface area contributed by atoms with E-state index in [2.05, 4.69) is 9.97 Å². The van der Waals surface area contributed by atoms with E-state index in [0.29, 0.717) is 5.69 Å². The van der Waals surface area contributed by atoms with Crippen LogP contribution in [0.2, 0.25) is 5.28 Å². The number of rotatable bonds is 4. The Balaban J connectivity index is 1.64. The first-order valence-electron chi connectivity index (χ1n) is 8.21. The summed E-state index contributed by atoms with van der Waals surface area (Å²) in [6.45, 7) is 0. The molecule has 1 unspecified atom stereocenters. The zero-order chi connectivity index (χ0) is 17.9. The second kappa shape index (κ2) is 7.12. The van der Waals surface area contributed by atoms with Gasteiger partial charge in [0.25, 0.3) is 0 Å². The highest BCUT2D eigenvalue weighted by Gasteiger charge is 2.16. The maximum Gasteiger partial charge on any atom is 0.223 e. The first kappa shape index (κ1) is 16.5. The highest BCUT2D eigenvalue weighted by molar-refractivity contribution is 6.28. The lowest BCUT2D eigenvalue weighted by atomic mass is 10.0. The number of nitrogens with two attached hydrogens (primary N) is 1. The Morgan fingerprint density at radius 3 is 2.19 bits per heavy atom. The standard InChI is InChI=1S/C21H16ClN3O/c22-21-24-18-9-5-4-8-17(18)20(25-21)19(23)14-10-12-16(13-11-14)26-15-6-2-1-3-7-15/h1-13,19H,23H2. The van der Waals surface area contributed by atoms with Crippen molar-refractivity contribution < 1.29 is 4.74 Å². The van der Waals surface area contributed by atoms with E-state index >= 15 is 0 Å². The molecule has 26 heavy (non-hydrogen) atoms. The Morgan fingerprint density at radius 2 is 1.42 bits per heavy atom. The molecule has 128 valence electrons. The van der Waals surface area contributed by atoms with Crippen LogP contribution in [0.5, 0.6) is 11.5 Å². The zero-order valence-electron chi connectivity index (χ0n) is 13.8. The summed E-state index contributed by atoms with van der Waals surface area (Å²) in [5.41, 5.74) is 8.87. The Hall–Kier alpha value is -2.95. The number of fused-ring (bicyclic) bond motifs is 1. The molecular weight excluding hydrogens is 346 g/mol. The van der Waals surface area contributed by atoms with Crippen molar-refractivity contribution in [2.45, 2.75) is 6.04 Å². The quantitative estimate of drug-likeness (QED) is 0.512. The van der Waals surface area contributed by atoms with Crippen molar-refractivity contribution in [3.05, 3.63) is 95.4 Å². The molecule has 4 aromatic rings. The van der Waals surface area contributed by atoms with E-state index in [0.717, 1.165) is 28.0 Å². The number of para-hydroxylation sites is 2. The fraction of sp³-hybridized carbons (Fsp3) is 0.0476. The van der Waals surface area contributed by atoms with E-state index in [9.17, 15) is 0 Å². The zero-order valence-corrected chi connectivity index (χ0v) is 14.6. The third kappa shape index (κ3) is 3.38. The molecule has 0 aliphatic carbocycles. The van der Waals surface area contributed by atoms with Gasteiger partial charge in [0.15, 0.2) is 0 Å². The average molecular weight is 362 g/mol. The van der Waals surface area contributed by atoms with Crippen molar-refractivity contribution in [3.8, 4) is 11.5 Å². The van der Waals surface area contributed by atoms with Gasteiger partial charge in [-0.15, -0.1) is 0 Å². The van der Waals surface area contributed by atoms with Gasteiger partial charge in [-0.05, 0) is 47.5 Å². The lowest BCUT2D eigenvalue weighted by molar-refractivity contribution is 0.482. The maximum atomic E-state index is 6.46. The Bertz CT molecular complexity index is 1040. The molecule has 0 spiro atoms. The van der Waals surface area contributed by atoms with Gasteiger partial charge in [0.05, 0.1) is 17.3 Å². The van der Waals surface area contributed by atoms with E-state index in [1.54, 1.807) is 0 Å². The summed E-state index contributed by atoms with van der Waals surface area (Å²) in [7, 11) is 0. The molecule has 1 heterocycles. The average Bonchev–Trinajstić information content (AvgIpc) is 2.68. The highest BCUT2D eigenvalue weighted by Crippen LogP contribution is 2.28. The SMILES string of the molecule is NC(c1ccc(Oc2ccccc2)cc1)c1nc(Cl)nc2ccccc12. The molecule has 0 radical (unpaired) electrons. The summed E-state index contributed by atoms with van der Waals surface area (Å²) in [6, 6.07) is 24.6. The predicted octanol–water partition coefficient (Wildman–Crippen LogP) is 5.12. The molecule has 0 amide bonds. The summed E-state index contributed by atoms with van der Waals surface area (Å²) in [6.07, 6.45) is 0. The summed E-state index contributed by atoms with van der Waals surface area (Å²) >= 11 is 6.07. The lowest BCUT2D eigenvalue weighted by Gasteiger charge is -2.15. The second-order valence-electron chi connectivity index (χ2n) is 5.86. The van der Waals surface area contributed by atoms with Crippen LogP contribution in [0.4, 0.5) is 0 Å². The molecule has 4 rings (SSSR count). The summed E-state index contributed by atoms with van der Waals surface area (Å²) in [5, 5.41) is 1.09. The van der Waals surface area contributed by atoms with Crippen molar-refractivity contribution >= 4 is 22.5 Å². The van der Waals surface area contributed by atoms with Gasteiger partial charge in [-0.1, -0.05) is 48.5 Å². The molecule has 2 N–H and O–H groups in total. The molecule has 0 aliphatic heterocycles. The molecule has 5 heteroatoms. The number of nitrogens with zero attached hydrogens (tertiary/aromatic N) is 2. The van der Waals surface area contributed by atoms with Gasteiger partial charge in [-0.2, -0.15) is 0 Å². The minimum absolute atomic E-state index is 0.193. The van der Waals surface area contributed by atoms with Gasteiger partial charge in [0.1, 0.15) is 11.5 Å². The van der Waals surface area contributed by atoms with E-state index in [1.807, 2.05) is 78.9 Å². The number of benzene rings is 3. The van der Waals surface area contributed by atoms with E-state index in [4.69, 9.17) is 22.1 Å². The summed E-state index contributed by atoms with van der Waals surface area (Å²) in [4.78, 5) is 8.62. The van der Waals surface area contributed by atoms with Gasteiger partial charge < -0.3 is 10.5 Å². The Kier molecular flexibility index (Phi) is 4.52. The van der Waals surface area contributed by atoms with Gasteiger partial charge in [0.2, 0.25) is 5.28 Å². The molecule has 0 saturated heterocycles. The van der Waals surface area contributed by atoms with Crippen LogP contribution in [0, 0.1) is 0 Å². The van der Waals surface area contributed by atoms with Crippen LogP contribution < -0.4 is 10.5 Å². The number of halogens is 1. The maximum absolute atomic E-state index is 6.46. The molecule has 0 aliphatic rings. The number of hydrogen-bond acceptors (Lipinski definition) is 4. The van der Waals surface area contributed by atoms with Gasteiger partial charge >= 0.3 is 0 Å². The van der Waals surface area contributed by atoms with Crippen LogP contribution in [0.15, 0.2) is 78.9 Å². The Morgan fingerprint density at radius 1 is 0.769 bits per heavy atom. The first-order valence-corrected chi connectivity index (χ1v) is 8.59. The van der Waals surface area contributed by atoms with Crippen LogP contribution in [-0.4, -0.2) is 9.97 Å². The van der Waals surface area contributed by atoms with Gasteiger partial charge in [0, 0.05) is 5.39 Å². The van der Waals surface area contributed by atoms with Crippen LogP contribution in [-0.2, 0) is 0 Å². The van der Waals surface area contributed by atoms with Crippen LogP contribution in [0.3, 0.4) is 0 Å². The summed E-state index contributed by atoms with van der Waals surface area (Å²) in [5.74, 6) is 1.54. The minimum atomic E-state index is -0.411. The van der Waals surface area contributed by atoms with E-state index in [-0.39, 0.29) is 5.28 Å². The van der Waals surface area contributed by atoms with Crippen molar-refractivity contribution in [2.24, 2.45) is 5.73 Å². The molecule has 4 nitrogen and oxygen atoms in total. The highest BCUT2D eigenvalue weighted by atomic mass is 35.5. The molecule has 1 aromatic heterocycles. The van der Waals surface area contributed by atoms with Crippen LogP contribution in [0.25, 0.3) is 10.9 Å². The second-order valence-corrected chi connectivity index (χ2v) is 6.19. The lowest BCUT2D eigenvalue weighted by Crippen LogP contribution is -2.14. The number of ether oxygens (including phenoxy) is 1. The fourth-order valence-corrected chi connectivity index (χ4v) is 3.02. The molecule has 0 saturated carbocycles. The molecule has 1 atom stereocenters. The molecule has 0 fully saturated rings. The van der Waals surface area contributed by atoms with Crippen LogP contribution >= 0.6 is 11.6 Å². The largest absolute Gasteiger partial charge is 0.457 e. The fourth-order valence-electron chi connectivity index (χ4n) is 2.83. The predicted molar refractivity (Wildman–Crippen MR) is 104 cm³/mol. The third-order valence-electron chi connectivity index (χ3n) is 4.12.